The summed E-state index contributed by atoms with van der Waals surface area (Å²) in [4.78, 5) is 28.1. The maximum atomic E-state index is 10.9. The SMILES string of the molecule is CC(C)(OC(C)(C)C(O)=CCCCn1ccnc1[N+](=O)[O-])C(O)=CCCCn1ccnc1[N+](=O)[O-]. The van der Waals surface area contributed by atoms with Crippen molar-refractivity contribution in [2.45, 2.75) is 77.7 Å². The first-order valence-corrected chi connectivity index (χ1v) is 11.2. The molecule has 35 heavy (non-hydrogen) atoms. The molecule has 13 heteroatoms. The van der Waals surface area contributed by atoms with Crippen LogP contribution in [0.5, 0.6) is 0 Å². The van der Waals surface area contributed by atoms with Crippen LogP contribution in [-0.4, -0.2) is 50.4 Å². The van der Waals surface area contributed by atoms with Crippen molar-refractivity contribution < 1.29 is 24.8 Å². The zero-order chi connectivity index (χ0) is 26.2. The van der Waals surface area contributed by atoms with E-state index in [1.807, 2.05) is 0 Å². The fraction of sp³-hybridized carbons (Fsp3) is 0.545. The van der Waals surface area contributed by atoms with Gasteiger partial charge in [0, 0.05) is 0 Å². The summed E-state index contributed by atoms with van der Waals surface area (Å²) < 4.78 is 8.88. The molecule has 0 bridgehead atoms. The van der Waals surface area contributed by atoms with Gasteiger partial charge in [0.25, 0.3) is 0 Å². The zero-order valence-corrected chi connectivity index (χ0v) is 20.3. The summed E-state index contributed by atoms with van der Waals surface area (Å²) in [5.41, 5.74) is -2.21. The van der Waals surface area contributed by atoms with Crippen LogP contribution < -0.4 is 0 Å². The number of imidazole rings is 2. The molecule has 0 fully saturated rings. The third kappa shape index (κ3) is 7.64. The number of unbranched alkanes of at least 4 members (excludes halogenated alkanes) is 2. The molecular formula is C22H32N6O7. The fourth-order valence-electron chi connectivity index (χ4n) is 3.53. The fourth-order valence-corrected chi connectivity index (χ4v) is 3.53. The Hall–Kier alpha value is -3.74. The molecule has 2 aromatic rings. The minimum Gasteiger partial charge on any atom is -0.510 e. The van der Waals surface area contributed by atoms with E-state index in [2.05, 4.69) is 9.97 Å². The Bertz CT molecular complexity index is 999. The van der Waals surface area contributed by atoms with Crippen LogP contribution >= 0.6 is 0 Å². The summed E-state index contributed by atoms with van der Waals surface area (Å²) in [7, 11) is 0. The molecule has 0 atom stereocenters. The molecule has 13 nitrogen and oxygen atoms in total. The lowest BCUT2D eigenvalue weighted by molar-refractivity contribution is -0.396. The van der Waals surface area contributed by atoms with Crippen molar-refractivity contribution in [3.63, 3.8) is 0 Å². The summed E-state index contributed by atoms with van der Waals surface area (Å²) >= 11 is 0. The number of nitrogens with zero attached hydrogens (tertiary/aromatic N) is 6. The molecule has 0 saturated carbocycles. The van der Waals surface area contributed by atoms with Gasteiger partial charge in [0.2, 0.25) is 0 Å². The van der Waals surface area contributed by atoms with Crippen molar-refractivity contribution in [2.24, 2.45) is 0 Å². The molecule has 0 amide bonds. The number of nitro groups is 2. The third-order valence-corrected chi connectivity index (χ3v) is 5.34. The highest BCUT2D eigenvalue weighted by molar-refractivity contribution is 5.12. The normalized spacial score (nSPS) is 13.3. The Morgan fingerprint density at radius 3 is 1.60 bits per heavy atom. The van der Waals surface area contributed by atoms with E-state index in [0.29, 0.717) is 38.8 Å². The van der Waals surface area contributed by atoms with Gasteiger partial charge in [0.15, 0.2) is 0 Å². The zero-order valence-electron chi connectivity index (χ0n) is 20.3. The number of ether oxygens (including phenoxy) is 1. The van der Waals surface area contributed by atoms with Crippen molar-refractivity contribution in [1.82, 2.24) is 19.1 Å². The van der Waals surface area contributed by atoms with Gasteiger partial charge >= 0.3 is 11.9 Å². The van der Waals surface area contributed by atoms with Gasteiger partial charge in [0.05, 0.1) is 13.1 Å². The maximum Gasteiger partial charge on any atom is 0.434 e. The summed E-state index contributed by atoms with van der Waals surface area (Å²) in [6.45, 7) is 7.44. The molecule has 2 aromatic heterocycles. The van der Waals surface area contributed by atoms with E-state index in [9.17, 15) is 30.4 Å². The average Bonchev–Trinajstić information content (AvgIpc) is 3.42. The summed E-state index contributed by atoms with van der Waals surface area (Å²) in [5, 5.41) is 43.0. The summed E-state index contributed by atoms with van der Waals surface area (Å²) in [6.07, 6.45) is 11.0. The van der Waals surface area contributed by atoms with Gasteiger partial charge in [-0.1, -0.05) is 9.97 Å². The lowest BCUT2D eigenvalue weighted by Gasteiger charge is -2.35. The minimum atomic E-state index is -1.11. The van der Waals surface area contributed by atoms with E-state index in [0.717, 1.165) is 0 Å². The second-order valence-corrected chi connectivity index (χ2v) is 8.94. The lowest BCUT2D eigenvalue weighted by Crippen LogP contribution is -2.40. The largest absolute Gasteiger partial charge is 0.510 e. The van der Waals surface area contributed by atoms with Crippen LogP contribution in [0.3, 0.4) is 0 Å². The van der Waals surface area contributed by atoms with E-state index < -0.39 is 21.0 Å². The van der Waals surface area contributed by atoms with Crippen molar-refractivity contribution in [1.29, 1.82) is 0 Å². The van der Waals surface area contributed by atoms with Gasteiger partial charge in [-0.25, -0.2) is 9.13 Å². The minimum absolute atomic E-state index is 0.0223. The van der Waals surface area contributed by atoms with Gasteiger partial charge in [0.1, 0.15) is 47.5 Å². The van der Waals surface area contributed by atoms with Gasteiger partial charge < -0.3 is 35.2 Å². The molecule has 2 rings (SSSR count). The molecule has 0 unspecified atom stereocenters. The molecule has 0 aliphatic carbocycles. The van der Waals surface area contributed by atoms with Crippen LogP contribution in [-0.2, 0) is 17.8 Å². The van der Waals surface area contributed by atoms with Gasteiger partial charge in [-0.15, -0.1) is 0 Å². The first-order valence-electron chi connectivity index (χ1n) is 11.2. The second-order valence-electron chi connectivity index (χ2n) is 8.94. The Morgan fingerprint density at radius 2 is 1.26 bits per heavy atom. The first kappa shape index (κ1) is 27.5. The Labute approximate surface area is 202 Å². The number of aromatic nitrogens is 4. The molecular weight excluding hydrogens is 460 g/mol. The molecule has 192 valence electrons. The maximum absolute atomic E-state index is 10.9. The van der Waals surface area contributed by atoms with Crippen LogP contribution in [0.1, 0.15) is 53.4 Å². The first-order chi connectivity index (χ1) is 16.3. The third-order valence-electron chi connectivity index (χ3n) is 5.34. The van der Waals surface area contributed by atoms with Gasteiger partial charge in [-0.05, 0) is 75.4 Å². The molecule has 0 radical (unpaired) electrons. The molecule has 2 N–H and O–H groups in total. The van der Waals surface area contributed by atoms with Crippen molar-refractivity contribution >= 4 is 11.9 Å². The number of rotatable bonds is 14. The van der Waals surface area contributed by atoms with E-state index in [4.69, 9.17) is 4.74 Å². The molecule has 2 heterocycles. The predicted octanol–water partition coefficient (Wildman–Crippen LogP) is 4.61. The Kier molecular flexibility index (Phi) is 9.12. The van der Waals surface area contributed by atoms with Crippen LogP contribution in [0.15, 0.2) is 48.5 Å². The highest BCUT2D eigenvalue weighted by atomic mass is 16.6. The molecule has 0 aromatic carbocycles. The monoisotopic (exact) mass is 492 g/mol. The topological polar surface area (TPSA) is 172 Å². The Morgan fingerprint density at radius 1 is 0.886 bits per heavy atom. The number of allylic oxidation sites excluding steroid dienone is 2. The van der Waals surface area contributed by atoms with Gasteiger partial charge in [-0.3, -0.25) is 0 Å². The molecule has 0 aliphatic heterocycles. The van der Waals surface area contributed by atoms with Gasteiger partial charge in [-0.2, -0.15) is 0 Å². The average molecular weight is 493 g/mol. The lowest BCUT2D eigenvalue weighted by atomic mass is 10.00. The number of hydrogen-bond acceptors (Lipinski definition) is 9. The number of aliphatic hydroxyl groups is 2. The highest BCUT2D eigenvalue weighted by Gasteiger charge is 2.35. The highest BCUT2D eigenvalue weighted by Crippen LogP contribution is 2.30. The quantitative estimate of drug-likeness (QED) is 0.165. The number of hydrogen-bond donors (Lipinski definition) is 2. The molecule has 0 spiro atoms. The van der Waals surface area contributed by atoms with E-state index in [1.54, 1.807) is 39.8 Å². The summed E-state index contributed by atoms with van der Waals surface area (Å²) in [5.74, 6) is -0.500. The second kappa shape index (κ2) is 11.6. The van der Waals surface area contributed by atoms with E-state index >= 15 is 0 Å². The van der Waals surface area contributed by atoms with Crippen LogP contribution in [0, 0.1) is 20.2 Å². The predicted molar refractivity (Wildman–Crippen MR) is 127 cm³/mol. The Balaban J connectivity index is 1.88. The van der Waals surface area contributed by atoms with Crippen LogP contribution in [0.2, 0.25) is 0 Å². The molecule has 0 aliphatic rings. The van der Waals surface area contributed by atoms with E-state index in [1.165, 1.54) is 33.9 Å². The summed E-state index contributed by atoms with van der Waals surface area (Å²) in [6, 6.07) is 0. The number of aryl methyl sites for hydroxylation is 2. The molecule has 0 saturated heterocycles. The van der Waals surface area contributed by atoms with Crippen molar-refractivity contribution in [3.05, 3.63) is 68.7 Å². The van der Waals surface area contributed by atoms with Crippen LogP contribution in [0.4, 0.5) is 11.9 Å². The number of aliphatic hydroxyl groups excluding tert-OH is 2. The van der Waals surface area contributed by atoms with Crippen molar-refractivity contribution in [3.8, 4) is 0 Å². The van der Waals surface area contributed by atoms with Crippen molar-refractivity contribution in [2.75, 3.05) is 0 Å². The van der Waals surface area contributed by atoms with E-state index in [-0.39, 0.29) is 23.4 Å². The standard InChI is InChI=1S/C22H32N6O7/c1-21(2,17(29)9-5-7-13-25-15-11-23-19(25)27(31)32)35-22(3,4)18(30)10-6-8-14-26-16-12-24-20(26)28(33)34/h9-12,15-16,29-30H,5-8,13-14H2,1-4H3. The smallest absolute Gasteiger partial charge is 0.434 e. The van der Waals surface area contributed by atoms with Crippen LogP contribution in [0.25, 0.3) is 0 Å².